The third-order valence-corrected chi connectivity index (χ3v) is 4.05. The van der Waals surface area contributed by atoms with Crippen molar-refractivity contribution in [2.45, 2.75) is 32.2 Å². The highest BCUT2D eigenvalue weighted by Gasteiger charge is 2.36. The van der Waals surface area contributed by atoms with E-state index in [0.29, 0.717) is 13.1 Å². The number of hydrogen-bond acceptors (Lipinski definition) is 3. The van der Waals surface area contributed by atoms with Gasteiger partial charge in [0, 0.05) is 37.3 Å². The van der Waals surface area contributed by atoms with Crippen molar-refractivity contribution in [2.24, 2.45) is 11.8 Å². The molecule has 0 radical (unpaired) electrons. The van der Waals surface area contributed by atoms with E-state index in [1.807, 2.05) is 4.90 Å². The number of likely N-dealkylation sites (tertiary alicyclic amines) is 1. The molecule has 0 aromatic carbocycles. The largest absolute Gasteiger partial charge is 0.352 e. The molecule has 2 amide bonds. The first-order chi connectivity index (χ1) is 9.74. The first-order valence-corrected chi connectivity index (χ1v) is 7.28. The van der Waals surface area contributed by atoms with E-state index in [0.717, 1.165) is 37.8 Å². The molecule has 2 fully saturated rings. The number of carbonyl (C=O) groups excluding carboxylic acids is 2. The molecule has 0 spiro atoms. The maximum absolute atomic E-state index is 12.2. The topological polar surface area (TPSA) is 78.1 Å². The molecule has 1 aliphatic heterocycles. The van der Waals surface area contributed by atoms with Crippen molar-refractivity contribution in [1.29, 1.82) is 0 Å². The van der Waals surface area contributed by atoms with E-state index in [-0.39, 0.29) is 23.7 Å². The average molecular weight is 276 g/mol. The van der Waals surface area contributed by atoms with Crippen LogP contribution in [0, 0.1) is 11.8 Å². The number of nitrogens with one attached hydrogen (secondary N) is 2. The number of rotatable bonds is 4. The summed E-state index contributed by atoms with van der Waals surface area (Å²) in [6.45, 7) is 1.87. The fourth-order valence-electron chi connectivity index (χ4n) is 2.69. The van der Waals surface area contributed by atoms with Crippen LogP contribution in [0.1, 0.15) is 31.2 Å². The van der Waals surface area contributed by atoms with Gasteiger partial charge in [-0.05, 0) is 25.7 Å². The Bertz CT molecular complexity index is 481. The Morgan fingerprint density at radius 2 is 2.20 bits per heavy atom. The normalized spacial score (nSPS) is 22.6. The number of aromatic nitrogens is 2. The van der Waals surface area contributed by atoms with Crippen molar-refractivity contribution in [3.05, 3.63) is 18.0 Å². The molecule has 3 rings (SSSR count). The summed E-state index contributed by atoms with van der Waals surface area (Å²) in [5, 5.41) is 9.49. The maximum atomic E-state index is 12.2. The van der Waals surface area contributed by atoms with Crippen molar-refractivity contribution in [3.8, 4) is 0 Å². The predicted octanol–water partition coefficient (Wildman–Crippen LogP) is 0.674. The minimum atomic E-state index is -0.0710. The van der Waals surface area contributed by atoms with Gasteiger partial charge >= 0.3 is 0 Å². The molecule has 2 N–H and O–H groups in total. The van der Waals surface area contributed by atoms with Crippen LogP contribution < -0.4 is 5.32 Å². The Morgan fingerprint density at radius 1 is 1.35 bits per heavy atom. The highest BCUT2D eigenvalue weighted by Crippen LogP contribution is 2.32. The van der Waals surface area contributed by atoms with Gasteiger partial charge in [0.05, 0.1) is 12.1 Å². The highest BCUT2D eigenvalue weighted by molar-refractivity contribution is 5.83. The third kappa shape index (κ3) is 3.00. The molecule has 1 aromatic rings. The van der Waals surface area contributed by atoms with Crippen molar-refractivity contribution < 1.29 is 9.59 Å². The zero-order chi connectivity index (χ0) is 13.9. The zero-order valence-electron chi connectivity index (χ0n) is 11.5. The minimum Gasteiger partial charge on any atom is -0.352 e. The van der Waals surface area contributed by atoms with E-state index in [1.54, 1.807) is 12.4 Å². The first-order valence-electron chi connectivity index (χ1n) is 7.28. The highest BCUT2D eigenvalue weighted by atomic mass is 16.2. The molecular formula is C14H20N4O2. The quantitative estimate of drug-likeness (QED) is 0.848. The Labute approximate surface area is 117 Å². The van der Waals surface area contributed by atoms with E-state index in [9.17, 15) is 9.59 Å². The molecule has 2 aliphatic rings. The number of piperidine rings is 1. The molecule has 1 aromatic heterocycles. The van der Waals surface area contributed by atoms with Crippen LogP contribution >= 0.6 is 0 Å². The zero-order valence-corrected chi connectivity index (χ0v) is 11.5. The van der Waals surface area contributed by atoms with E-state index >= 15 is 0 Å². The fourth-order valence-corrected chi connectivity index (χ4v) is 2.69. The van der Waals surface area contributed by atoms with Crippen LogP contribution in [0.5, 0.6) is 0 Å². The summed E-state index contributed by atoms with van der Waals surface area (Å²) >= 11 is 0. The van der Waals surface area contributed by atoms with Gasteiger partial charge in [0.2, 0.25) is 11.8 Å². The van der Waals surface area contributed by atoms with Gasteiger partial charge in [-0.25, -0.2) is 0 Å². The van der Waals surface area contributed by atoms with Crippen LogP contribution in [0.3, 0.4) is 0 Å². The Hall–Kier alpha value is -1.85. The summed E-state index contributed by atoms with van der Waals surface area (Å²) in [5.74, 6) is 0.456. The SMILES string of the molecule is O=C(NCc1cn[nH]c1)C1CCCN(C(=O)C2CC2)C1. The lowest BCUT2D eigenvalue weighted by molar-refractivity contribution is -0.136. The summed E-state index contributed by atoms with van der Waals surface area (Å²) in [5.41, 5.74) is 0.958. The van der Waals surface area contributed by atoms with Gasteiger partial charge in [0.25, 0.3) is 0 Å². The lowest BCUT2D eigenvalue weighted by atomic mass is 9.96. The van der Waals surface area contributed by atoms with E-state index < -0.39 is 0 Å². The molecule has 1 saturated heterocycles. The summed E-state index contributed by atoms with van der Waals surface area (Å²) in [7, 11) is 0. The van der Waals surface area contributed by atoms with Crippen molar-refractivity contribution >= 4 is 11.8 Å². The molecule has 6 heteroatoms. The second-order valence-electron chi connectivity index (χ2n) is 5.72. The van der Waals surface area contributed by atoms with Gasteiger partial charge in [-0.1, -0.05) is 0 Å². The van der Waals surface area contributed by atoms with Gasteiger partial charge in [-0.2, -0.15) is 5.10 Å². The molecule has 1 atom stereocenters. The second-order valence-corrected chi connectivity index (χ2v) is 5.72. The van der Waals surface area contributed by atoms with E-state index in [4.69, 9.17) is 0 Å². The van der Waals surface area contributed by atoms with Crippen LogP contribution in [0.2, 0.25) is 0 Å². The van der Waals surface area contributed by atoms with Crippen molar-refractivity contribution in [2.75, 3.05) is 13.1 Å². The number of carbonyl (C=O) groups is 2. The van der Waals surface area contributed by atoms with Crippen LogP contribution in [0.25, 0.3) is 0 Å². The summed E-state index contributed by atoms with van der Waals surface area (Å²) in [4.78, 5) is 26.1. The van der Waals surface area contributed by atoms with Gasteiger partial charge in [0.1, 0.15) is 0 Å². The van der Waals surface area contributed by atoms with Gasteiger partial charge in [0.15, 0.2) is 0 Å². The van der Waals surface area contributed by atoms with Crippen LogP contribution in [-0.4, -0.2) is 40.0 Å². The maximum Gasteiger partial charge on any atom is 0.225 e. The molecule has 0 bridgehead atoms. The van der Waals surface area contributed by atoms with Gasteiger partial charge < -0.3 is 10.2 Å². The number of H-pyrrole nitrogens is 1. The fraction of sp³-hybridized carbons (Fsp3) is 0.643. The lowest BCUT2D eigenvalue weighted by Crippen LogP contribution is -2.45. The van der Waals surface area contributed by atoms with Gasteiger partial charge in [-0.3, -0.25) is 14.7 Å². The van der Waals surface area contributed by atoms with E-state index in [2.05, 4.69) is 15.5 Å². The van der Waals surface area contributed by atoms with Crippen LogP contribution in [0.4, 0.5) is 0 Å². The molecule has 1 saturated carbocycles. The molecular weight excluding hydrogens is 256 g/mol. The Kier molecular flexibility index (Phi) is 3.71. The van der Waals surface area contributed by atoms with Crippen molar-refractivity contribution in [1.82, 2.24) is 20.4 Å². The molecule has 20 heavy (non-hydrogen) atoms. The lowest BCUT2D eigenvalue weighted by Gasteiger charge is -2.32. The smallest absolute Gasteiger partial charge is 0.225 e. The van der Waals surface area contributed by atoms with Crippen molar-refractivity contribution in [3.63, 3.8) is 0 Å². The Balaban J connectivity index is 1.50. The van der Waals surface area contributed by atoms with E-state index in [1.165, 1.54) is 0 Å². The predicted molar refractivity (Wildman–Crippen MR) is 72.5 cm³/mol. The number of nitrogens with zero attached hydrogens (tertiary/aromatic N) is 2. The first kappa shape index (κ1) is 13.1. The summed E-state index contributed by atoms with van der Waals surface area (Å²) in [6, 6.07) is 0. The second kappa shape index (κ2) is 5.64. The molecule has 2 heterocycles. The van der Waals surface area contributed by atoms with Crippen LogP contribution in [-0.2, 0) is 16.1 Å². The number of hydrogen-bond donors (Lipinski definition) is 2. The molecule has 1 unspecified atom stereocenters. The molecule has 1 aliphatic carbocycles. The minimum absolute atomic E-state index is 0.0412. The molecule has 6 nitrogen and oxygen atoms in total. The monoisotopic (exact) mass is 276 g/mol. The Morgan fingerprint density at radius 3 is 2.90 bits per heavy atom. The van der Waals surface area contributed by atoms with Gasteiger partial charge in [-0.15, -0.1) is 0 Å². The average Bonchev–Trinajstić information content (AvgIpc) is 3.20. The number of amides is 2. The number of aromatic amines is 1. The molecule has 108 valence electrons. The summed E-state index contributed by atoms with van der Waals surface area (Å²) in [6.07, 6.45) is 7.29. The summed E-state index contributed by atoms with van der Waals surface area (Å²) < 4.78 is 0. The third-order valence-electron chi connectivity index (χ3n) is 4.05. The van der Waals surface area contributed by atoms with Crippen LogP contribution in [0.15, 0.2) is 12.4 Å². The standard InChI is InChI=1S/C14H20N4O2/c19-13(15-6-10-7-16-17-8-10)12-2-1-5-18(9-12)14(20)11-3-4-11/h7-8,11-12H,1-6,9H2,(H,15,19)(H,16,17).